The van der Waals surface area contributed by atoms with Crippen molar-refractivity contribution >= 4 is 76.4 Å². The van der Waals surface area contributed by atoms with Crippen LogP contribution in [0.1, 0.15) is 0 Å². The number of hydrogen-bond acceptors (Lipinski definition) is 19. The Morgan fingerprint density at radius 3 is 2.13 bits per heavy atom. The molecule has 2 fully saturated rings. The number of nitrogens with one attached hydrogen (secondary N) is 3. The summed E-state index contributed by atoms with van der Waals surface area (Å²) in [6, 6.07) is 7.38. The summed E-state index contributed by atoms with van der Waals surface area (Å²) in [5, 5.41) is 21.3. The molecule has 2 aliphatic heterocycles. The summed E-state index contributed by atoms with van der Waals surface area (Å²) in [7, 11) is 0. The Kier molecular flexibility index (Phi) is 12.3. The minimum absolute atomic E-state index is 0.0262. The first-order chi connectivity index (χ1) is 22.1. The first-order valence-electron chi connectivity index (χ1n) is 13.8. The Hall–Kier alpha value is -3.83. The molecule has 5 N–H and O–H groups in total. The van der Waals surface area contributed by atoms with Gasteiger partial charge in [0.25, 0.3) is 5.95 Å². The van der Waals surface area contributed by atoms with E-state index in [0.717, 1.165) is 12.0 Å². The van der Waals surface area contributed by atoms with E-state index in [1.165, 1.54) is 6.21 Å². The van der Waals surface area contributed by atoms with Gasteiger partial charge in [-0.25, -0.2) is 14.5 Å². The monoisotopic (exact) mass is 664 g/mol. The lowest BCUT2D eigenvalue weighted by atomic mass is 10.3. The minimum atomic E-state index is -1.95. The number of morpholine rings is 2. The van der Waals surface area contributed by atoms with E-state index < -0.39 is 11.1 Å². The van der Waals surface area contributed by atoms with Crippen LogP contribution in [0.25, 0.3) is 0 Å². The summed E-state index contributed by atoms with van der Waals surface area (Å²) in [4.78, 5) is 35.3. The number of anilines is 7. The van der Waals surface area contributed by atoms with Crippen molar-refractivity contribution in [2.45, 2.75) is 0 Å². The molecular formula is C24H32N12O7S2. The Bertz CT molecular complexity index is 1450. The number of hydrogen-bond donors (Lipinski definition) is 5. The highest BCUT2D eigenvalue weighted by Gasteiger charge is 2.18. The summed E-state index contributed by atoms with van der Waals surface area (Å²) < 4.78 is 35.5. The van der Waals surface area contributed by atoms with Gasteiger partial charge in [0, 0.05) is 62.4 Å². The molecule has 0 amide bonds. The summed E-state index contributed by atoms with van der Waals surface area (Å²) >= 11 is -1.11. The Labute approximate surface area is 264 Å². The lowest BCUT2D eigenvalue weighted by Gasteiger charge is -2.27. The molecule has 0 aliphatic carbocycles. The van der Waals surface area contributed by atoms with Crippen LogP contribution in [-0.4, -0.2) is 121 Å². The zero-order valence-corrected chi connectivity index (χ0v) is 25.6. The van der Waals surface area contributed by atoms with Crippen LogP contribution >= 0.6 is 12.0 Å². The van der Waals surface area contributed by atoms with E-state index in [1.54, 1.807) is 0 Å². The van der Waals surface area contributed by atoms with Gasteiger partial charge in [-0.3, -0.25) is 0 Å². The first-order valence-corrected chi connectivity index (χ1v) is 16.0. The molecule has 4 heterocycles. The van der Waals surface area contributed by atoms with Gasteiger partial charge in [-0.05, 0) is 18.2 Å². The van der Waals surface area contributed by atoms with Crippen molar-refractivity contribution in [3.05, 3.63) is 24.3 Å². The van der Waals surface area contributed by atoms with Gasteiger partial charge in [-0.15, -0.1) is 4.33 Å². The highest BCUT2D eigenvalue weighted by Crippen LogP contribution is 2.24. The fourth-order valence-corrected chi connectivity index (χ4v) is 4.67. The molecule has 242 valence electrons. The van der Waals surface area contributed by atoms with Gasteiger partial charge in [0.05, 0.1) is 37.9 Å². The highest BCUT2D eigenvalue weighted by molar-refractivity contribution is 7.95. The normalized spacial score (nSPS) is 16.1. The topological polar surface area (TPSA) is 227 Å². The van der Waals surface area contributed by atoms with Gasteiger partial charge >= 0.3 is 0 Å². The largest absolute Gasteiger partial charge is 0.378 e. The minimum Gasteiger partial charge on any atom is -0.378 e. The van der Waals surface area contributed by atoms with Crippen molar-refractivity contribution in [2.75, 3.05) is 96.4 Å². The third-order valence-electron chi connectivity index (χ3n) is 6.19. The third-order valence-corrected chi connectivity index (χ3v) is 7.18. The van der Waals surface area contributed by atoms with Crippen molar-refractivity contribution in [3.8, 4) is 0 Å². The molecule has 21 heteroatoms. The van der Waals surface area contributed by atoms with Crippen molar-refractivity contribution in [3.63, 3.8) is 0 Å². The van der Waals surface area contributed by atoms with Crippen molar-refractivity contribution in [1.29, 1.82) is 0 Å². The van der Waals surface area contributed by atoms with Crippen LogP contribution in [0.2, 0.25) is 0 Å². The summed E-state index contributed by atoms with van der Waals surface area (Å²) in [5.41, 5.74) is 1.34. The molecular weight excluding hydrogens is 632 g/mol. The first kappa shape index (κ1) is 32.6. The average molecular weight is 665 g/mol. The smallest absolute Gasteiger partial charge is 0.255 e. The fourth-order valence-electron chi connectivity index (χ4n) is 4.16. The molecule has 45 heavy (non-hydrogen) atoms. The zero-order chi connectivity index (χ0) is 31.3. The Balaban J connectivity index is 1.34. The van der Waals surface area contributed by atoms with E-state index in [4.69, 9.17) is 19.3 Å². The van der Waals surface area contributed by atoms with E-state index in [-0.39, 0.29) is 41.8 Å². The molecule has 19 nitrogen and oxygen atoms in total. The van der Waals surface area contributed by atoms with E-state index in [0.29, 0.717) is 75.9 Å². The second kappa shape index (κ2) is 17.0. The van der Waals surface area contributed by atoms with Crippen LogP contribution < -0.4 is 25.8 Å². The summed E-state index contributed by atoms with van der Waals surface area (Å²) in [6.45, 7) is 4.91. The van der Waals surface area contributed by atoms with Crippen LogP contribution in [0, 0.1) is 0 Å². The van der Waals surface area contributed by atoms with Crippen LogP contribution in [0.3, 0.4) is 0 Å². The van der Waals surface area contributed by atoms with Gasteiger partial charge in [0.1, 0.15) is 0 Å². The summed E-state index contributed by atoms with van der Waals surface area (Å²) in [5.74, 6) is 2.23. The standard InChI is InChI=1S/C24H32N12O7S2/c37-42-43-44-14-4-25-19-29-21(33-23(31-19)35-6-10-40-11-7-35)27-17-2-1-3-18(16-17)28-22-30-20(26-5-15-45(38)39)32-24(34-22)36-8-12-41-13-9-36/h1-4,16,37H,5-15H2,(H,38,39)(H,27,29,31,33)(H2,26,28,30,32,34)/b25-4-. The molecule has 0 radical (unpaired) electrons. The molecule has 1 atom stereocenters. The van der Waals surface area contributed by atoms with Crippen molar-refractivity contribution in [2.24, 2.45) is 4.99 Å². The predicted molar refractivity (Wildman–Crippen MR) is 168 cm³/mol. The van der Waals surface area contributed by atoms with Gasteiger partial charge in [-0.2, -0.15) is 29.9 Å². The summed E-state index contributed by atoms with van der Waals surface area (Å²) in [6.07, 6.45) is 1.52. The zero-order valence-electron chi connectivity index (χ0n) is 23.9. The number of aromatic nitrogens is 6. The quantitative estimate of drug-likeness (QED) is 0.0388. The molecule has 0 bridgehead atoms. The second-order valence-electron chi connectivity index (χ2n) is 9.26. The van der Waals surface area contributed by atoms with Crippen molar-refractivity contribution < 1.29 is 32.9 Å². The number of ether oxygens (including phenoxy) is 2. The van der Waals surface area contributed by atoms with Crippen LogP contribution in [0.5, 0.6) is 0 Å². The van der Waals surface area contributed by atoms with E-state index in [9.17, 15) is 4.21 Å². The SMILES string of the molecule is O=S(O)CCNc1nc(Nc2cccc(Nc3nc(/N=C\CSOOO)nc(N4CCOCC4)n3)c2)nc(N2CCOCC2)n1. The predicted octanol–water partition coefficient (Wildman–Crippen LogP) is 1.62. The average Bonchev–Trinajstić information content (AvgIpc) is 3.05. The number of rotatable bonds is 15. The Morgan fingerprint density at radius 2 is 1.51 bits per heavy atom. The maximum atomic E-state index is 11.1. The van der Waals surface area contributed by atoms with Crippen LogP contribution in [0.4, 0.5) is 47.1 Å². The van der Waals surface area contributed by atoms with Crippen molar-refractivity contribution in [1.82, 2.24) is 29.9 Å². The molecule has 1 aromatic carbocycles. The molecule has 2 aliphatic rings. The lowest BCUT2D eigenvalue weighted by molar-refractivity contribution is -0.432. The maximum Gasteiger partial charge on any atom is 0.255 e. The fraction of sp³-hybridized carbons (Fsp3) is 0.458. The van der Waals surface area contributed by atoms with Gasteiger partial charge in [0.15, 0.2) is 11.1 Å². The third kappa shape index (κ3) is 10.4. The van der Waals surface area contributed by atoms with Gasteiger partial charge in [-0.1, -0.05) is 11.1 Å². The van der Waals surface area contributed by atoms with Gasteiger partial charge in [0.2, 0.25) is 29.7 Å². The van der Waals surface area contributed by atoms with E-state index in [2.05, 4.69) is 60.2 Å². The molecule has 5 rings (SSSR count). The number of aliphatic imine (C=N–C) groups is 1. The van der Waals surface area contributed by atoms with E-state index >= 15 is 0 Å². The molecule has 2 saturated heterocycles. The molecule has 0 spiro atoms. The van der Waals surface area contributed by atoms with E-state index in [1.807, 2.05) is 34.1 Å². The highest BCUT2D eigenvalue weighted by atomic mass is 32.2. The van der Waals surface area contributed by atoms with Gasteiger partial charge < -0.3 is 39.8 Å². The number of nitrogens with zero attached hydrogens (tertiary/aromatic N) is 9. The molecule has 0 saturated carbocycles. The van der Waals surface area contributed by atoms with Crippen LogP contribution in [0.15, 0.2) is 29.3 Å². The Morgan fingerprint density at radius 1 is 0.911 bits per heavy atom. The van der Waals surface area contributed by atoms with Crippen LogP contribution in [-0.2, 0) is 29.9 Å². The number of benzene rings is 1. The molecule has 2 aromatic heterocycles. The lowest BCUT2D eigenvalue weighted by Crippen LogP contribution is -2.37. The molecule has 1 unspecified atom stereocenters. The second-order valence-corrected chi connectivity index (χ2v) is 11.0. The maximum absolute atomic E-state index is 11.1. The molecule has 3 aromatic rings.